The highest BCUT2D eigenvalue weighted by Crippen LogP contribution is 2.18. The van der Waals surface area contributed by atoms with Crippen LogP contribution in [0.4, 0.5) is 0 Å². The zero-order chi connectivity index (χ0) is 47.4. The average molecular weight is 919 g/mol. The Bertz CT molecular complexity index is 986. The van der Waals surface area contributed by atoms with E-state index < -0.39 is 36.9 Å². The van der Waals surface area contributed by atoms with Gasteiger partial charge in [0.1, 0.15) is 12.2 Å². The molecule has 6 heteroatoms. The van der Waals surface area contributed by atoms with Crippen molar-refractivity contribution >= 4 is 5.91 Å². The van der Waals surface area contributed by atoms with Crippen molar-refractivity contribution in [3.05, 3.63) is 24.3 Å². The van der Waals surface area contributed by atoms with Gasteiger partial charge in [-0.2, -0.15) is 0 Å². The van der Waals surface area contributed by atoms with E-state index in [1.165, 1.54) is 244 Å². The van der Waals surface area contributed by atoms with Crippen molar-refractivity contribution in [3.63, 3.8) is 0 Å². The molecule has 0 rings (SSSR count). The number of aliphatic hydroxyl groups excluding tert-OH is 4. The van der Waals surface area contributed by atoms with Gasteiger partial charge in [-0.1, -0.05) is 289 Å². The van der Waals surface area contributed by atoms with Gasteiger partial charge in [0.05, 0.1) is 18.8 Å². The van der Waals surface area contributed by atoms with Crippen LogP contribution in [0.25, 0.3) is 0 Å². The lowest BCUT2D eigenvalue weighted by atomic mass is 10.00. The molecule has 0 aliphatic rings. The Balaban J connectivity index is 3.65. The summed E-state index contributed by atoms with van der Waals surface area (Å²) in [5.74, 6) is -0.591. The minimum absolute atomic E-state index is 0.365. The Morgan fingerprint density at radius 1 is 0.369 bits per heavy atom. The number of carbonyl (C=O) groups excluding carboxylic acids is 1. The molecule has 0 aliphatic carbocycles. The quantitative estimate of drug-likeness (QED) is 0.0308. The highest BCUT2D eigenvalue weighted by atomic mass is 16.3. The van der Waals surface area contributed by atoms with Crippen molar-refractivity contribution in [3.8, 4) is 0 Å². The Morgan fingerprint density at radius 3 is 0.969 bits per heavy atom. The van der Waals surface area contributed by atoms with E-state index in [0.717, 1.165) is 38.5 Å². The number of carbonyl (C=O) groups is 1. The molecular weight excluding hydrogens is 803 g/mol. The number of hydrogen-bond donors (Lipinski definition) is 5. The zero-order valence-electron chi connectivity index (χ0n) is 43.8. The number of aliphatic hydroxyl groups is 4. The van der Waals surface area contributed by atoms with Crippen LogP contribution in [0, 0.1) is 0 Å². The molecule has 0 aromatic heterocycles. The number of nitrogens with one attached hydrogen (secondary N) is 1. The maximum absolute atomic E-state index is 12.6. The standard InChI is InChI=1S/C59H115NO5/c1-3-5-7-9-11-13-15-17-19-21-23-25-27-29-31-33-35-37-39-41-43-45-47-49-51-53-57(63)59(65)60-55(54-61)58(64)56(62)52-50-48-46-44-42-40-38-36-34-32-30-28-26-24-22-20-18-16-14-12-10-8-6-4-2/h36,38,44,46,55-58,61-64H,3-35,37,39-43,45,47-54H2,1-2H3,(H,60,65)/b38-36+,46-44+. The van der Waals surface area contributed by atoms with Gasteiger partial charge >= 0.3 is 0 Å². The summed E-state index contributed by atoms with van der Waals surface area (Å²) >= 11 is 0. The molecule has 4 unspecified atom stereocenters. The van der Waals surface area contributed by atoms with E-state index in [0.29, 0.717) is 19.3 Å². The molecule has 386 valence electrons. The Kier molecular flexibility index (Phi) is 52.7. The third kappa shape index (κ3) is 47.6. The Morgan fingerprint density at radius 2 is 0.646 bits per heavy atom. The third-order valence-corrected chi connectivity index (χ3v) is 13.9. The van der Waals surface area contributed by atoms with Crippen LogP contribution < -0.4 is 5.32 Å². The molecule has 0 spiro atoms. The molecule has 0 bridgehead atoms. The molecule has 0 heterocycles. The van der Waals surface area contributed by atoms with Crippen molar-refractivity contribution in [2.24, 2.45) is 0 Å². The predicted molar refractivity (Wildman–Crippen MR) is 284 cm³/mol. The van der Waals surface area contributed by atoms with Crippen molar-refractivity contribution in [2.45, 2.75) is 340 Å². The van der Waals surface area contributed by atoms with Gasteiger partial charge in [0.2, 0.25) is 5.91 Å². The van der Waals surface area contributed by atoms with Gasteiger partial charge in [-0.25, -0.2) is 0 Å². The van der Waals surface area contributed by atoms with Crippen LogP contribution in [-0.2, 0) is 4.79 Å². The predicted octanol–water partition coefficient (Wildman–Crippen LogP) is 17.0. The lowest BCUT2D eigenvalue weighted by Gasteiger charge is -2.27. The monoisotopic (exact) mass is 918 g/mol. The summed E-state index contributed by atoms with van der Waals surface area (Å²) in [7, 11) is 0. The maximum atomic E-state index is 12.6. The van der Waals surface area contributed by atoms with Crippen molar-refractivity contribution in [1.82, 2.24) is 5.32 Å². The Labute approximate surface area is 405 Å². The first kappa shape index (κ1) is 63.8. The van der Waals surface area contributed by atoms with Gasteiger partial charge in [-0.3, -0.25) is 4.79 Å². The van der Waals surface area contributed by atoms with Gasteiger partial charge in [-0.15, -0.1) is 0 Å². The highest BCUT2D eigenvalue weighted by Gasteiger charge is 2.28. The minimum atomic E-state index is -1.29. The summed E-state index contributed by atoms with van der Waals surface area (Å²) in [5.41, 5.74) is 0. The molecule has 0 aromatic rings. The van der Waals surface area contributed by atoms with Crippen LogP contribution in [0.5, 0.6) is 0 Å². The second kappa shape index (κ2) is 53.7. The number of rotatable bonds is 54. The molecule has 1 amide bonds. The van der Waals surface area contributed by atoms with Gasteiger partial charge in [0.25, 0.3) is 0 Å². The summed E-state index contributed by atoms with van der Waals surface area (Å²) in [5, 5.41) is 44.0. The zero-order valence-corrected chi connectivity index (χ0v) is 43.8. The first-order chi connectivity index (χ1) is 32.0. The van der Waals surface area contributed by atoms with Crippen LogP contribution >= 0.6 is 0 Å². The molecule has 0 aliphatic heterocycles. The van der Waals surface area contributed by atoms with E-state index >= 15 is 0 Å². The van der Waals surface area contributed by atoms with E-state index in [1.807, 2.05) is 0 Å². The normalized spacial score (nSPS) is 13.9. The number of amides is 1. The summed E-state index contributed by atoms with van der Waals surface area (Å²) in [4.78, 5) is 12.6. The second-order valence-electron chi connectivity index (χ2n) is 20.3. The molecule has 0 saturated heterocycles. The first-order valence-corrected chi connectivity index (χ1v) is 29.2. The van der Waals surface area contributed by atoms with Crippen LogP contribution in [-0.4, -0.2) is 57.3 Å². The molecule has 6 nitrogen and oxygen atoms in total. The SMILES string of the molecule is CCCCCCCCCCCCCCCCC/C=C/CC/C=C/CCCC(O)C(O)C(CO)NC(=O)C(O)CCCCCCCCCCCCCCCCCCCCCCCCCCC. The molecule has 65 heavy (non-hydrogen) atoms. The van der Waals surface area contributed by atoms with Crippen molar-refractivity contribution in [2.75, 3.05) is 6.61 Å². The topological polar surface area (TPSA) is 110 Å². The smallest absolute Gasteiger partial charge is 0.249 e. The van der Waals surface area contributed by atoms with Crippen molar-refractivity contribution < 1.29 is 25.2 Å². The maximum Gasteiger partial charge on any atom is 0.249 e. The van der Waals surface area contributed by atoms with Gasteiger partial charge in [0, 0.05) is 0 Å². The number of hydrogen-bond acceptors (Lipinski definition) is 5. The summed E-state index contributed by atoms with van der Waals surface area (Å²) in [6.45, 7) is 4.08. The lowest BCUT2D eigenvalue weighted by Crippen LogP contribution is -2.53. The number of allylic oxidation sites excluding steroid dienone is 4. The molecule has 4 atom stereocenters. The molecular formula is C59H115NO5. The van der Waals surface area contributed by atoms with Crippen LogP contribution in [0.2, 0.25) is 0 Å². The minimum Gasteiger partial charge on any atom is -0.394 e. The van der Waals surface area contributed by atoms with Crippen LogP contribution in [0.3, 0.4) is 0 Å². The molecule has 0 fully saturated rings. The van der Waals surface area contributed by atoms with E-state index in [-0.39, 0.29) is 0 Å². The van der Waals surface area contributed by atoms with E-state index in [9.17, 15) is 25.2 Å². The number of unbranched alkanes of at least 4 members (excludes halogenated alkanes) is 41. The lowest BCUT2D eigenvalue weighted by molar-refractivity contribution is -0.132. The highest BCUT2D eigenvalue weighted by molar-refractivity contribution is 5.80. The summed E-state index contributed by atoms with van der Waals surface area (Å²) in [6, 6.07) is -1.01. The average Bonchev–Trinajstić information content (AvgIpc) is 3.31. The van der Waals surface area contributed by atoms with Crippen molar-refractivity contribution in [1.29, 1.82) is 0 Å². The van der Waals surface area contributed by atoms with Gasteiger partial charge in [-0.05, 0) is 51.4 Å². The molecule has 0 saturated carbocycles. The fourth-order valence-corrected chi connectivity index (χ4v) is 9.31. The second-order valence-corrected chi connectivity index (χ2v) is 20.3. The first-order valence-electron chi connectivity index (χ1n) is 29.2. The van der Waals surface area contributed by atoms with Gasteiger partial charge < -0.3 is 25.7 Å². The largest absolute Gasteiger partial charge is 0.394 e. The summed E-state index contributed by atoms with van der Waals surface area (Å²) < 4.78 is 0. The Hall–Kier alpha value is -1.21. The molecule has 0 aromatic carbocycles. The van der Waals surface area contributed by atoms with Crippen LogP contribution in [0.15, 0.2) is 24.3 Å². The van der Waals surface area contributed by atoms with E-state index in [4.69, 9.17) is 0 Å². The van der Waals surface area contributed by atoms with E-state index in [1.54, 1.807) is 0 Å². The van der Waals surface area contributed by atoms with Crippen LogP contribution in [0.1, 0.15) is 316 Å². The third-order valence-electron chi connectivity index (χ3n) is 13.9. The summed E-state index contributed by atoms with van der Waals surface area (Å²) in [6.07, 6.45) is 65.4. The van der Waals surface area contributed by atoms with Gasteiger partial charge in [0.15, 0.2) is 0 Å². The molecule has 5 N–H and O–H groups in total. The van der Waals surface area contributed by atoms with E-state index in [2.05, 4.69) is 43.5 Å². The fourth-order valence-electron chi connectivity index (χ4n) is 9.31. The molecule has 0 radical (unpaired) electrons. The fraction of sp³-hybridized carbons (Fsp3) is 0.915.